The van der Waals surface area contributed by atoms with Gasteiger partial charge in [0, 0.05) is 24.7 Å². The van der Waals surface area contributed by atoms with E-state index in [0.717, 1.165) is 10.0 Å². The first-order chi connectivity index (χ1) is 8.56. The first-order valence-corrected chi connectivity index (χ1v) is 6.40. The predicted octanol–water partition coefficient (Wildman–Crippen LogP) is 1.76. The minimum absolute atomic E-state index is 0.332. The number of benzene rings is 1. The van der Waals surface area contributed by atoms with Gasteiger partial charge >= 0.3 is 0 Å². The molecule has 0 bridgehead atoms. The summed E-state index contributed by atoms with van der Waals surface area (Å²) in [5.41, 5.74) is 1.72. The Morgan fingerprint density at radius 1 is 1.56 bits per heavy atom. The lowest BCUT2D eigenvalue weighted by Gasteiger charge is -2.20. The minimum atomic E-state index is -0.489. The van der Waals surface area contributed by atoms with E-state index in [4.69, 9.17) is 10.00 Å². The minimum Gasteiger partial charge on any atom is -0.389 e. The van der Waals surface area contributed by atoms with E-state index >= 15 is 0 Å². The number of halogens is 1. The number of nitrogens with zero attached hydrogens (tertiary/aromatic N) is 2. The summed E-state index contributed by atoms with van der Waals surface area (Å²) < 4.78 is 5.80. The summed E-state index contributed by atoms with van der Waals surface area (Å²) in [6.45, 7) is 1.58. The summed E-state index contributed by atoms with van der Waals surface area (Å²) >= 11 is 3.45. The van der Waals surface area contributed by atoms with Gasteiger partial charge in [-0.25, -0.2) is 0 Å². The van der Waals surface area contributed by atoms with Crippen molar-refractivity contribution in [3.05, 3.63) is 33.8 Å². The average molecular weight is 313 g/mol. The van der Waals surface area contributed by atoms with Crippen LogP contribution in [0.25, 0.3) is 0 Å². The molecule has 0 radical (unpaired) electrons. The molecule has 0 spiro atoms. The zero-order valence-electron chi connectivity index (χ0n) is 10.6. The number of aliphatic hydroxyl groups excluding tert-OH is 1. The largest absolute Gasteiger partial charge is 0.389 e. The fourth-order valence-electron chi connectivity index (χ4n) is 1.71. The van der Waals surface area contributed by atoms with Gasteiger partial charge in [-0.05, 0) is 24.7 Å². The van der Waals surface area contributed by atoms with Gasteiger partial charge < -0.3 is 9.84 Å². The van der Waals surface area contributed by atoms with Gasteiger partial charge in [0.15, 0.2) is 0 Å². The van der Waals surface area contributed by atoms with Crippen molar-refractivity contribution in [1.82, 2.24) is 4.90 Å². The van der Waals surface area contributed by atoms with Crippen LogP contribution in [0.2, 0.25) is 0 Å². The quantitative estimate of drug-likeness (QED) is 0.869. The SMILES string of the molecule is COC[C@H](O)CN(C)Cc1ccc(C#N)cc1Br. The Labute approximate surface area is 116 Å². The van der Waals surface area contributed by atoms with E-state index in [9.17, 15) is 5.11 Å². The van der Waals surface area contributed by atoms with Crippen molar-refractivity contribution in [2.45, 2.75) is 12.6 Å². The zero-order chi connectivity index (χ0) is 13.5. The molecule has 1 aromatic rings. The number of ether oxygens (including phenoxy) is 1. The van der Waals surface area contributed by atoms with E-state index in [2.05, 4.69) is 22.0 Å². The fraction of sp³-hybridized carbons (Fsp3) is 0.462. The molecule has 1 aromatic carbocycles. The molecule has 0 unspecified atom stereocenters. The molecule has 0 aliphatic heterocycles. The summed E-state index contributed by atoms with van der Waals surface area (Å²) in [4.78, 5) is 2.01. The molecule has 0 saturated heterocycles. The van der Waals surface area contributed by atoms with E-state index in [1.807, 2.05) is 18.0 Å². The van der Waals surface area contributed by atoms with Crippen LogP contribution in [0.3, 0.4) is 0 Å². The second kappa shape index (κ2) is 7.49. The molecule has 1 N–H and O–H groups in total. The van der Waals surface area contributed by atoms with Gasteiger partial charge in [0.25, 0.3) is 0 Å². The third-order valence-corrected chi connectivity index (χ3v) is 3.24. The lowest BCUT2D eigenvalue weighted by atomic mass is 10.1. The molecular weight excluding hydrogens is 296 g/mol. The molecular formula is C13H17BrN2O2. The Kier molecular flexibility index (Phi) is 6.30. The zero-order valence-corrected chi connectivity index (χ0v) is 12.1. The number of hydrogen-bond acceptors (Lipinski definition) is 4. The topological polar surface area (TPSA) is 56.5 Å². The van der Waals surface area contributed by atoms with Crippen LogP contribution < -0.4 is 0 Å². The van der Waals surface area contributed by atoms with E-state index in [1.54, 1.807) is 19.2 Å². The van der Waals surface area contributed by atoms with Gasteiger partial charge in [0.05, 0.1) is 24.3 Å². The first kappa shape index (κ1) is 15.1. The molecule has 1 rings (SSSR count). The highest BCUT2D eigenvalue weighted by atomic mass is 79.9. The summed E-state index contributed by atoms with van der Waals surface area (Å²) in [5, 5.41) is 18.4. The Bertz CT molecular complexity index is 431. The van der Waals surface area contributed by atoms with Crippen molar-refractivity contribution < 1.29 is 9.84 Å². The normalized spacial score (nSPS) is 12.4. The first-order valence-electron chi connectivity index (χ1n) is 5.61. The molecule has 0 heterocycles. The lowest BCUT2D eigenvalue weighted by Crippen LogP contribution is -2.31. The molecule has 98 valence electrons. The molecule has 0 aliphatic carbocycles. The second-order valence-electron chi connectivity index (χ2n) is 4.22. The number of rotatable bonds is 6. The lowest BCUT2D eigenvalue weighted by molar-refractivity contribution is 0.0418. The number of hydrogen-bond donors (Lipinski definition) is 1. The van der Waals surface area contributed by atoms with E-state index in [0.29, 0.717) is 25.3 Å². The van der Waals surface area contributed by atoms with Crippen molar-refractivity contribution in [1.29, 1.82) is 5.26 Å². The maximum Gasteiger partial charge on any atom is 0.0992 e. The number of aliphatic hydroxyl groups is 1. The van der Waals surface area contributed by atoms with E-state index < -0.39 is 6.10 Å². The third-order valence-electron chi connectivity index (χ3n) is 2.50. The molecule has 0 amide bonds. The monoisotopic (exact) mass is 312 g/mol. The van der Waals surface area contributed by atoms with Crippen molar-refractivity contribution in [3.8, 4) is 6.07 Å². The highest BCUT2D eigenvalue weighted by Crippen LogP contribution is 2.19. The van der Waals surface area contributed by atoms with Gasteiger partial charge in [0.2, 0.25) is 0 Å². The van der Waals surface area contributed by atoms with Gasteiger partial charge in [-0.2, -0.15) is 5.26 Å². The Morgan fingerprint density at radius 2 is 2.28 bits per heavy atom. The number of likely N-dealkylation sites (N-methyl/N-ethyl adjacent to an activating group) is 1. The summed E-state index contributed by atoms with van der Waals surface area (Å²) in [5.74, 6) is 0. The van der Waals surface area contributed by atoms with Crippen LogP contribution in [-0.4, -0.2) is 43.4 Å². The van der Waals surface area contributed by atoms with Gasteiger partial charge in [-0.1, -0.05) is 22.0 Å². The summed E-state index contributed by atoms with van der Waals surface area (Å²) in [6.07, 6.45) is -0.489. The summed E-state index contributed by atoms with van der Waals surface area (Å²) in [6, 6.07) is 7.61. The van der Waals surface area contributed by atoms with Crippen LogP contribution in [0.5, 0.6) is 0 Å². The van der Waals surface area contributed by atoms with Crippen LogP contribution in [0, 0.1) is 11.3 Å². The second-order valence-corrected chi connectivity index (χ2v) is 5.08. The molecule has 5 heteroatoms. The Hall–Kier alpha value is -0.930. The highest BCUT2D eigenvalue weighted by molar-refractivity contribution is 9.10. The standard InChI is InChI=1S/C13H17BrN2O2/c1-16(8-12(17)9-18-2)7-11-4-3-10(6-15)5-13(11)14/h3-5,12,17H,7-9H2,1-2H3/t12-/m1/s1. The molecule has 0 aliphatic rings. The third kappa shape index (κ3) is 4.75. The van der Waals surface area contributed by atoms with Crippen molar-refractivity contribution >= 4 is 15.9 Å². The van der Waals surface area contributed by atoms with Crippen LogP contribution >= 0.6 is 15.9 Å². The summed E-state index contributed by atoms with van der Waals surface area (Å²) in [7, 11) is 3.50. The van der Waals surface area contributed by atoms with Gasteiger partial charge in [0.1, 0.15) is 0 Å². The maximum atomic E-state index is 9.63. The average Bonchev–Trinajstić information content (AvgIpc) is 2.31. The fourth-order valence-corrected chi connectivity index (χ4v) is 2.21. The van der Waals surface area contributed by atoms with Gasteiger partial charge in [-0.3, -0.25) is 4.90 Å². The maximum absolute atomic E-state index is 9.63. The number of nitriles is 1. The molecule has 4 nitrogen and oxygen atoms in total. The van der Waals surface area contributed by atoms with Crippen molar-refractivity contribution in [2.75, 3.05) is 27.3 Å². The Morgan fingerprint density at radius 3 is 2.83 bits per heavy atom. The van der Waals surface area contributed by atoms with Crippen LogP contribution in [0.15, 0.2) is 22.7 Å². The highest BCUT2D eigenvalue weighted by Gasteiger charge is 2.10. The van der Waals surface area contributed by atoms with Gasteiger partial charge in [-0.15, -0.1) is 0 Å². The molecule has 0 saturated carbocycles. The van der Waals surface area contributed by atoms with Crippen LogP contribution in [0.1, 0.15) is 11.1 Å². The molecule has 0 aromatic heterocycles. The van der Waals surface area contributed by atoms with Crippen LogP contribution in [0.4, 0.5) is 0 Å². The predicted molar refractivity (Wildman–Crippen MR) is 73.1 cm³/mol. The molecule has 0 fully saturated rings. The Balaban J connectivity index is 2.59. The van der Waals surface area contributed by atoms with Crippen molar-refractivity contribution in [2.24, 2.45) is 0 Å². The van der Waals surface area contributed by atoms with Crippen molar-refractivity contribution in [3.63, 3.8) is 0 Å². The van der Waals surface area contributed by atoms with E-state index in [-0.39, 0.29) is 0 Å². The smallest absolute Gasteiger partial charge is 0.0992 e. The molecule has 1 atom stereocenters. The van der Waals surface area contributed by atoms with E-state index in [1.165, 1.54) is 0 Å². The molecule has 18 heavy (non-hydrogen) atoms. The van der Waals surface area contributed by atoms with Crippen LogP contribution in [-0.2, 0) is 11.3 Å². The number of methoxy groups -OCH3 is 1.